The largest absolute Gasteiger partial charge is 0.233 e. The van der Waals surface area contributed by atoms with Gasteiger partial charge < -0.3 is 0 Å². The van der Waals surface area contributed by atoms with E-state index in [1.165, 1.54) is 29.1 Å². The summed E-state index contributed by atoms with van der Waals surface area (Å²) in [7, 11) is 0. The molecule has 0 atom stereocenters. The fourth-order valence-electron chi connectivity index (χ4n) is 2.23. The molecule has 0 bridgehead atoms. The molecule has 0 aliphatic rings. The van der Waals surface area contributed by atoms with Crippen molar-refractivity contribution in [3.63, 3.8) is 0 Å². The van der Waals surface area contributed by atoms with E-state index in [2.05, 4.69) is 42.9 Å². The van der Waals surface area contributed by atoms with Crippen LogP contribution in [0.25, 0.3) is 11.4 Å². The van der Waals surface area contributed by atoms with Gasteiger partial charge in [0.05, 0.1) is 12.4 Å². The Bertz CT molecular complexity index is 547. The summed E-state index contributed by atoms with van der Waals surface area (Å²) in [5.74, 6) is 0.201. The van der Waals surface area contributed by atoms with Crippen molar-refractivity contribution in [1.29, 1.82) is 0 Å². The summed E-state index contributed by atoms with van der Waals surface area (Å²) in [4.78, 5) is 8.18. The van der Waals surface area contributed by atoms with E-state index in [0.29, 0.717) is 5.82 Å². The molecular formula is C15H17FN2. The van der Waals surface area contributed by atoms with Crippen LogP contribution in [0.3, 0.4) is 0 Å². The van der Waals surface area contributed by atoms with Crippen molar-refractivity contribution in [2.45, 2.75) is 33.6 Å². The summed E-state index contributed by atoms with van der Waals surface area (Å²) in [5, 5.41) is 0. The molecule has 2 aromatic rings. The third-order valence-electron chi connectivity index (χ3n) is 2.98. The highest BCUT2D eigenvalue weighted by atomic mass is 19.1. The molecule has 2 nitrogen and oxygen atoms in total. The molecule has 1 aromatic heterocycles. The maximum Gasteiger partial charge on any atom is 0.159 e. The zero-order valence-electron chi connectivity index (χ0n) is 11.0. The lowest BCUT2D eigenvalue weighted by molar-refractivity contribution is 0.614. The van der Waals surface area contributed by atoms with Crippen molar-refractivity contribution >= 4 is 0 Å². The number of hydrogen-bond acceptors (Lipinski definition) is 2. The number of rotatable bonds is 3. The van der Waals surface area contributed by atoms with Crippen LogP contribution in [0.2, 0.25) is 0 Å². The van der Waals surface area contributed by atoms with Crippen molar-refractivity contribution in [3.05, 3.63) is 47.0 Å². The summed E-state index contributed by atoms with van der Waals surface area (Å²) in [6, 6.07) is 4.24. The first-order valence-corrected chi connectivity index (χ1v) is 6.20. The van der Waals surface area contributed by atoms with E-state index in [1.54, 1.807) is 0 Å². The van der Waals surface area contributed by atoms with Gasteiger partial charge >= 0.3 is 0 Å². The van der Waals surface area contributed by atoms with Crippen molar-refractivity contribution in [3.8, 4) is 11.4 Å². The monoisotopic (exact) mass is 244 g/mol. The number of nitrogens with zero attached hydrogens (tertiary/aromatic N) is 2. The molecule has 0 aliphatic heterocycles. The second-order valence-electron chi connectivity index (χ2n) is 4.58. The second-order valence-corrected chi connectivity index (χ2v) is 4.58. The molecule has 0 aliphatic carbocycles. The average molecular weight is 244 g/mol. The minimum absolute atomic E-state index is 0.403. The predicted octanol–water partition coefficient (Wildman–Crippen LogP) is 3.85. The van der Waals surface area contributed by atoms with E-state index in [4.69, 9.17) is 0 Å². The van der Waals surface area contributed by atoms with Crippen molar-refractivity contribution in [2.75, 3.05) is 0 Å². The van der Waals surface area contributed by atoms with Crippen LogP contribution in [0, 0.1) is 19.7 Å². The Labute approximate surface area is 107 Å². The quantitative estimate of drug-likeness (QED) is 0.819. The molecule has 0 spiro atoms. The zero-order valence-corrected chi connectivity index (χ0v) is 11.0. The standard InChI is InChI=1S/C15H17FN2/c1-4-5-13-11(3)6-10(2)7-14(13)15-17-8-12(16)9-18-15/h6-9H,4-5H2,1-3H3. The lowest BCUT2D eigenvalue weighted by atomic mass is 9.95. The zero-order chi connectivity index (χ0) is 13.1. The molecule has 0 fully saturated rings. The first-order chi connectivity index (χ1) is 8.61. The van der Waals surface area contributed by atoms with Crippen LogP contribution in [-0.4, -0.2) is 9.97 Å². The van der Waals surface area contributed by atoms with Crippen LogP contribution < -0.4 is 0 Å². The van der Waals surface area contributed by atoms with Crippen LogP contribution in [0.1, 0.15) is 30.0 Å². The topological polar surface area (TPSA) is 25.8 Å². The van der Waals surface area contributed by atoms with Crippen LogP contribution in [-0.2, 0) is 6.42 Å². The van der Waals surface area contributed by atoms with E-state index in [9.17, 15) is 4.39 Å². The summed E-state index contributed by atoms with van der Waals surface area (Å²) >= 11 is 0. The molecule has 0 unspecified atom stereocenters. The Morgan fingerprint density at radius 2 is 1.78 bits per heavy atom. The highest BCUT2D eigenvalue weighted by Crippen LogP contribution is 2.26. The second kappa shape index (κ2) is 5.25. The summed E-state index contributed by atoms with van der Waals surface area (Å²) in [6.07, 6.45) is 4.49. The van der Waals surface area contributed by atoms with E-state index >= 15 is 0 Å². The summed E-state index contributed by atoms with van der Waals surface area (Å²) in [6.45, 7) is 6.30. The van der Waals surface area contributed by atoms with Crippen molar-refractivity contribution in [1.82, 2.24) is 9.97 Å². The van der Waals surface area contributed by atoms with E-state index < -0.39 is 5.82 Å². The third kappa shape index (κ3) is 2.55. The molecule has 18 heavy (non-hydrogen) atoms. The Balaban J connectivity index is 2.57. The van der Waals surface area contributed by atoms with E-state index in [0.717, 1.165) is 18.4 Å². The van der Waals surface area contributed by atoms with Crippen LogP contribution >= 0.6 is 0 Å². The number of halogens is 1. The number of hydrogen-bond donors (Lipinski definition) is 0. The maximum atomic E-state index is 12.9. The fraction of sp³-hybridized carbons (Fsp3) is 0.333. The molecule has 2 rings (SSSR count). The summed E-state index contributed by atoms with van der Waals surface area (Å²) in [5.41, 5.74) is 4.71. The number of aromatic nitrogens is 2. The molecule has 0 radical (unpaired) electrons. The van der Waals surface area contributed by atoms with Gasteiger partial charge in [-0.1, -0.05) is 25.0 Å². The molecule has 0 saturated carbocycles. The lowest BCUT2D eigenvalue weighted by Crippen LogP contribution is -1.98. The highest BCUT2D eigenvalue weighted by molar-refractivity contribution is 5.63. The Hall–Kier alpha value is -1.77. The van der Waals surface area contributed by atoms with Crippen LogP contribution in [0.5, 0.6) is 0 Å². The van der Waals surface area contributed by atoms with Gasteiger partial charge in [0, 0.05) is 5.56 Å². The van der Waals surface area contributed by atoms with Gasteiger partial charge in [-0.2, -0.15) is 0 Å². The van der Waals surface area contributed by atoms with Crippen LogP contribution in [0.15, 0.2) is 24.5 Å². The minimum Gasteiger partial charge on any atom is -0.233 e. The van der Waals surface area contributed by atoms with Crippen molar-refractivity contribution in [2.24, 2.45) is 0 Å². The predicted molar refractivity (Wildman–Crippen MR) is 70.9 cm³/mol. The molecule has 3 heteroatoms. The molecular weight excluding hydrogens is 227 g/mol. The van der Waals surface area contributed by atoms with Gasteiger partial charge in [-0.15, -0.1) is 0 Å². The molecule has 0 N–H and O–H groups in total. The Morgan fingerprint density at radius 1 is 1.11 bits per heavy atom. The molecule has 1 heterocycles. The Kier molecular flexibility index (Phi) is 3.70. The van der Waals surface area contributed by atoms with Gasteiger partial charge in [-0.3, -0.25) is 0 Å². The number of benzene rings is 1. The van der Waals surface area contributed by atoms with Crippen LogP contribution in [0.4, 0.5) is 4.39 Å². The third-order valence-corrected chi connectivity index (χ3v) is 2.98. The first kappa shape index (κ1) is 12.7. The number of aryl methyl sites for hydroxylation is 2. The smallest absolute Gasteiger partial charge is 0.159 e. The van der Waals surface area contributed by atoms with Gasteiger partial charge in [-0.05, 0) is 37.5 Å². The van der Waals surface area contributed by atoms with Gasteiger partial charge in [-0.25, -0.2) is 14.4 Å². The SMILES string of the molecule is CCCc1c(C)cc(C)cc1-c1ncc(F)cn1. The average Bonchev–Trinajstić information content (AvgIpc) is 2.33. The normalized spacial score (nSPS) is 10.7. The maximum absolute atomic E-state index is 12.9. The first-order valence-electron chi connectivity index (χ1n) is 6.20. The van der Waals surface area contributed by atoms with E-state index in [-0.39, 0.29) is 0 Å². The van der Waals surface area contributed by atoms with Gasteiger partial charge in [0.1, 0.15) is 0 Å². The van der Waals surface area contributed by atoms with Gasteiger partial charge in [0.25, 0.3) is 0 Å². The molecule has 1 aromatic carbocycles. The fourth-order valence-corrected chi connectivity index (χ4v) is 2.23. The Morgan fingerprint density at radius 3 is 2.39 bits per heavy atom. The minimum atomic E-state index is -0.403. The van der Waals surface area contributed by atoms with Gasteiger partial charge in [0.2, 0.25) is 0 Å². The molecule has 0 saturated heterocycles. The highest BCUT2D eigenvalue weighted by Gasteiger charge is 2.11. The summed E-state index contributed by atoms with van der Waals surface area (Å²) < 4.78 is 12.9. The lowest BCUT2D eigenvalue weighted by Gasteiger charge is -2.12. The molecule has 94 valence electrons. The van der Waals surface area contributed by atoms with Crippen molar-refractivity contribution < 1.29 is 4.39 Å². The van der Waals surface area contributed by atoms with Gasteiger partial charge in [0.15, 0.2) is 11.6 Å². The van der Waals surface area contributed by atoms with E-state index in [1.807, 2.05) is 0 Å². The molecule has 0 amide bonds.